The van der Waals surface area contributed by atoms with Crippen LogP contribution < -0.4 is 5.32 Å². The molecule has 1 aromatic heterocycles. The van der Waals surface area contributed by atoms with E-state index < -0.39 is 0 Å². The molecule has 15 heavy (non-hydrogen) atoms. The average molecular weight is 207 g/mol. The fraction of sp³-hybridized carbons (Fsp3) is 0.636. The molecule has 82 valence electrons. The van der Waals surface area contributed by atoms with E-state index in [1.165, 1.54) is 12.7 Å². The van der Waals surface area contributed by atoms with Crippen molar-refractivity contribution >= 4 is 0 Å². The molecule has 1 saturated carbocycles. The maximum Gasteiger partial charge on any atom is 0.115 e. The van der Waals surface area contributed by atoms with Crippen molar-refractivity contribution in [3.05, 3.63) is 24.3 Å². The van der Waals surface area contributed by atoms with Crippen LogP contribution in [0.15, 0.2) is 18.7 Å². The van der Waals surface area contributed by atoms with Gasteiger partial charge in [-0.15, -0.1) is 0 Å². The van der Waals surface area contributed by atoms with Gasteiger partial charge in [-0.05, 0) is 12.8 Å². The average Bonchev–Trinajstić information content (AvgIpc) is 2.29. The molecule has 4 heteroatoms. The number of aliphatic hydroxyl groups excluding tert-OH is 1. The molecular weight excluding hydrogens is 190 g/mol. The molecular formula is C11H17N3O. The van der Waals surface area contributed by atoms with E-state index in [-0.39, 0.29) is 12.1 Å². The van der Waals surface area contributed by atoms with Gasteiger partial charge < -0.3 is 10.4 Å². The summed E-state index contributed by atoms with van der Waals surface area (Å²) in [6.45, 7) is 0.739. The monoisotopic (exact) mass is 207 g/mol. The number of hydrogen-bond acceptors (Lipinski definition) is 4. The van der Waals surface area contributed by atoms with E-state index in [2.05, 4.69) is 15.3 Å². The lowest BCUT2D eigenvalue weighted by Gasteiger charge is -2.28. The third-order valence-corrected chi connectivity index (χ3v) is 2.91. The summed E-state index contributed by atoms with van der Waals surface area (Å²) in [6.07, 6.45) is 9.28. The lowest BCUT2D eigenvalue weighted by Crippen LogP contribution is -2.41. The topological polar surface area (TPSA) is 58.0 Å². The number of nitrogens with zero attached hydrogens (tertiary/aromatic N) is 2. The molecule has 1 heterocycles. The van der Waals surface area contributed by atoms with Gasteiger partial charge in [0.05, 0.1) is 6.10 Å². The van der Waals surface area contributed by atoms with Crippen LogP contribution in [-0.2, 0) is 6.54 Å². The Bertz CT molecular complexity index is 291. The molecule has 2 N–H and O–H groups in total. The fourth-order valence-corrected chi connectivity index (χ4v) is 2.02. The summed E-state index contributed by atoms with van der Waals surface area (Å²) in [5.41, 5.74) is 1.07. The molecule has 2 rings (SSSR count). The van der Waals surface area contributed by atoms with E-state index in [9.17, 15) is 5.11 Å². The highest BCUT2D eigenvalue weighted by molar-refractivity contribution is 5.02. The summed E-state index contributed by atoms with van der Waals surface area (Å²) >= 11 is 0. The van der Waals surface area contributed by atoms with Crippen LogP contribution in [0, 0.1) is 0 Å². The predicted molar refractivity (Wildman–Crippen MR) is 57.1 cm³/mol. The standard InChI is InChI=1S/C11H17N3O/c15-11-4-2-1-3-10(11)14-7-9-5-12-8-13-6-9/h5-6,8,10-11,14-15H,1-4,7H2/t10-,11+/m0/s1. The Kier molecular flexibility index (Phi) is 3.64. The first-order valence-electron chi connectivity index (χ1n) is 5.51. The van der Waals surface area contributed by atoms with Crippen LogP contribution in [0.4, 0.5) is 0 Å². The molecule has 0 spiro atoms. The number of nitrogens with one attached hydrogen (secondary N) is 1. The highest BCUT2D eigenvalue weighted by Gasteiger charge is 2.21. The molecule has 0 saturated heterocycles. The van der Waals surface area contributed by atoms with Crippen LogP contribution in [0.5, 0.6) is 0 Å². The summed E-state index contributed by atoms with van der Waals surface area (Å²) in [4.78, 5) is 7.91. The quantitative estimate of drug-likeness (QED) is 0.772. The number of aliphatic hydroxyl groups is 1. The molecule has 4 nitrogen and oxygen atoms in total. The first-order chi connectivity index (χ1) is 7.36. The van der Waals surface area contributed by atoms with Crippen molar-refractivity contribution < 1.29 is 5.11 Å². The number of rotatable bonds is 3. The smallest absolute Gasteiger partial charge is 0.115 e. The van der Waals surface area contributed by atoms with Crippen molar-refractivity contribution in [1.82, 2.24) is 15.3 Å². The zero-order chi connectivity index (χ0) is 10.5. The zero-order valence-corrected chi connectivity index (χ0v) is 8.76. The van der Waals surface area contributed by atoms with E-state index in [1.807, 2.05) is 0 Å². The molecule has 1 aliphatic carbocycles. The Morgan fingerprint density at radius 1 is 1.27 bits per heavy atom. The maximum absolute atomic E-state index is 9.75. The van der Waals surface area contributed by atoms with Crippen molar-refractivity contribution in [3.63, 3.8) is 0 Å². The Labute approximate surface area is 89.8 Å². The summed E-state index contributed by atoms with van der Waals surface area (Å²) in [5, 5.41) is 13.1. The largest absolute Gasteiger partial charge is 0.392 e. The van der Waals surface area contributed by atoms with E-state index >= 15 is 0 Å². The second-order valence-electron chi connectivity index (χ2n) is 4.09. The van der Waals surface area contributed by atoms with Crippen LogP contribution in [-0.4, -0.2) is 27.2 Å². The normalized spacial score (nSPS) is 26.5. The van der Waals surface area contributed by atoms with Gasteiger partial charge in [-0.1, -0.05) is 12.8 Å². The first-order valence-corrected chi connectivity index (χ1v) is 5.51. The first kappa shape index (κ1) is 10.5. The van der Waals surface area contributed by atoms with Gasteiger partial charge in [0.1, 0.15) is 6.33 Å². The fourth-order valence-electron chi connectivity index (χ4n) is 2.02. The van der Waals surface area contributed by atoms with Gasteiger partial charge in [0.2, 0.25) is 0 Å². The summed E-state index contributed by atoms with van der Waals surface area (Å²) in [5.74, 6) is 0. The van der Waals surface area contributed by atoms with Gasteiger partial charge in [-0.2, -0.15) is 0 Å². The van der Waals surface area contributed by atoms with Crippen molar-refractivity contribution in [2.24, 2.45) is 0 Å². The van der Waals surface area contributed by atoms with E-state index in [0.29, 0.717) is 0 Å². The van der Waals surface area contributed by atoms with Gasteiger partial charge in [-0.3, -0.25) is 0 Å². The van der Waals surface area contributed by atoms with Crippen molar-refractivity contribution in [3.8, 4) is 0 Å². The summed E-state index contributed by atoms with van der Waals surface area (Å²) in [6, 6.07) is 0.235. The van der Waals surface area contributed by atoms with E-state index in [0.717, 1.165) is 31.4 Å². The molecule has 2 atom stereocenters. The Hall–Kier alpha value is -1.00. The molecule has 1 fully saturated rings. The number of aromatic nitrogens is 2. The maximum atomic E-state index is 9.75. The van der Waals surface area contributed by atoms with Crippen LogP contribution in [0.2, 0.25) is 0 Å². The Morgan fingerprint density at radius 3 is 2.73 bits per heavy atom. The van der Waals surface area contributed by atoms with Gasteiger partial charge in [0, 0.05) is 30.5 Å². The van der Waals surface area contributed by atoms with Crippen molar-refractivity contribution in [2.45, 2.75) is 44.4 Å². The van der Waals surface area contributed by atoms with Crippen LogP contribution in [0.1, 0.15) is 31.2 Å². The zero-order valence-electron chi connectivity index (χ0n) is 8.76. The second-order valence-corrected chi connectivity index (χ2v) is 4.09. The van der Waals surface area contributed by atoms with Crippen molar-refractivity contribution in [2.75, 3.05) is 0 Å². The predicted octanol–water partition coefficient (Wildman–Crippen LogP) is 0.870. The van der Waals surface area contributed by atoms with E-state index in [4.69, 9.17) is 0 Å². The minimum atomic E-state index is -0.191. The molecule has 1 aliphatic rings. The molecule has 0 aliphatic heterocycles. The summed E-state index contributed by atoms with van der Waals surface area (Å²) < 4.78 is 0. The van der Waals surface area contributed by atoms with Crippen molar-refractivity contribution in [1.29, 1.82) is 0 Å². The Morgan fingerprint density at radius 2 is 2.00 bits per heavy atom. The highest BCUT2D eigenvalue weighted by atomic mass is 16.3. The Balaban J connectivity index is 1.82. The van der Waals surface area contributed by atoms with Gasteiger partial charge in [0.25, 0.3) is 0 Å². The minimum absolute atomic E-state index is 0.191. The van der Waals surface area contributed by atoms with Crippen LogP contribution >= 0.6 is 0 Å². The molecule has 0 aromatic carbocycles. The lowest BCUT2D eigenvalue weighted by atomic mass is 9.92. The molecule has 0 bridgehead atoms. The minimum Gasteiger partial charge on any atom is -0.392 e. The van der Waals surface area contributed by atoms with Crippen LogP contribution in [0.25, 0.3) is 0 Å². The third-order valence-electron chi connectivity index (χ3n) is 2.91. The van der Waals surface area contributed by atoms with Crippen LogP contribution in [0.3, 0.4) is 0 Å². The van der Waals surface area contributed by atoms with E-state index in [1.54, 1.807) is 12.4 Å². The molecule has 0 unspecified atom stereocenters. The third kappa shape index (κ3) is 2.97. The summed E-state index contributed by atoms with van der Waals surface area (Å²) in [7, 11) is 0. The molecule has 0 radical (unpaired) electrons. The number of hydrogen-bond donors (Lipinski definition) is 2. The second kappa shape index (κ2) is 5.19. The molecule has 0 amide bonds. The van der Waals surface area contributed by atoms with Gasteiger partial charge in [-0.25, -0.2) is 9.97 Å². The molecule has 1 aromatic rings. The highest BCUT2D eigenvalue weighted by Crippen LogP contribution is 2.18. The lowest BCUT2D eigenvalue weighted by molar-refractivity contribution is 0.0902. The van der Waals surface area contributed by atoms with Gasteiger partial charge >= 0.3 is 0 Å². The SMILES string of the molecule is O[C@@H]1CCCC[C@@H]1NCc1cncnc1. The van der Waals surface area contributed by atoms with Gasteiger partial charge in [0.15, 0.2) is 0 Å².